The SMILES string of the molecule is CC(C)N1CCCN(c2ccc3nc(-c4cccc(Cl)c4)n(CC(=O)NC4CCC4)c(=O)c3c2)CC1. The number of nitrogens with zero attached hydrogens (tertiary/aromatic N) is 4. The van der Waals surface area contributed by atoms with Crippen molar-refractivity contribution < 1.29 is 4.79 Å². The lowest BCUT2D eigenvalue weighted by Gasteiger charge is -2.27. The minimum absolute atomic E-state index is 0.0720. The minimum Gasteiger partial charge on any atom is -0.370 e. The molecular weight excluding hydrogens is 474 g/mol. The number of carbonyl (C=O) groups is 1. The van der Waals surface area contributed by atoms with Gasteiger partial charge in [-0.1, -0.05) is 23.7 Å². The number of hydrogen-bond acceptors (Lipinski definition) is 5. The van der Waals surface area contributed by atoms with Crippen LogP contribution in [-0.4, -0.2) is 58.6 Å². The number of fused-ring (bicyclic) bond motifs is 1. The summed E-state index contributed by atoms with van der Waals surface area (Å²) < 4.78 is 1.49. The van der Waals surface area contributed by atoms with Gasteiger partial charge in [-0.05, 0) is 69.9 Å². The number of rotatable bonds is 6. The van der Waals surface area contributed by atoms with Crippen LogP contribution in [0.15, 0.2) is 47.3 Å². The van der Waals surface area contributed by atoms with Crippen molar-refractivity contribution in [3.8, 4) is 11.4 Å². The average Bonchev–Trinajstić information content (AvgIpc) is 3.09. The minimum atomic E-state index is -0.209. The number of aromatic nitrogens is 2. The van der Waals surface area contributed by atoms with Crippen LogP contribution < -0.4 is 15.8 Å². The fourth-order valence-electron chi connectivity index (χ4n) is 5.08. The molecule has 2 aromatic carbocycles. The molecule has 8 heteroatoms. The summed E-state index contributed by atoms with van der Waals surface area (Å²) in [6, 6.07) is 13.9. The molecule has 0 bridgehead atoms. The lowest BCUT2D eigenvalue weighted by Crippen LogP contribution is -2.42. The van der Waals surface area contributed by atoms with Crippen molar-refractivity contribution >= 4 is 34.1 Å². The number of halogens is 1. The number of carbonyl (C=O) groups excluding carboxylic acids is 1. The van der Waals surface area contributed by atoms with Crippen LogP contribution >= 0.6 is 11.6 Å². The van der Waals surface area contributed by atoms with Crippen molar-refractivity contribution in [2.45, 2.75) is 58.2 Å². The van der Waals surface area contributed by atoms with E-state index in [1.54, 1.807) is 12.1 Å². The van der Waals surface area contributed by atoms with E-state index >= 15 is 0 Å². The first-order valence-corrected chi connectivity index (χ1v) is 13.4. The lowest BCUT2D eigenvalue weighted by atomic mass is 9.93. The highest BCUT2D eigenvalue weighted by Crippen LogP contribution is 2.26. The van der Waals surface area contributed by atoms with Gasteiger partial charge >= 0.3 is 0 Å². The second kappa shape index (κ2) is 10.6. The Bertz CT molecular complexity index is 1320. The molecule has 3 aromatic rings. The first-order valence-electron chi connectivity index (χ1n) is 13.0. The van der Waals surface area contributed by atoms with Crippen LogP contribution in [0, 0.1) is 0 Å². The Morgan fingerprint density at radius 3 is 2.64 bits per heavy atom. The predicted molar refractivity (Wildman–Crippen MR) is 146 cm³/mol. The van der Waals surface area contributed by atoms with E-state index in [9.17, 15) is 9.59 Å². The fraction of sp³-hybridized carbons (Fsp3) is 0.464. The molecule has 2 aliphatic rings. The molecule has 1 amide bonds. The van der Waals surface area contributed by atoms with Gasteiger partial charge in [-0.15, -0.1) is 0 Å². The summed E-state index contributed by atoms with van der Waals surface area (Å²) >= 11 is 6.25. The second-order valence-corrected chi connectivity index (χ2v) is 10.6. The van der Waals surface area contributed by atoms with Gasteiger partial charge in [0.1, 0.15) is 12.4 Å². The zero-order chi connectivity index (χ0) is 25.2. The molecule has 0 unspecified atom stereocenters. The van der Waals surface area contributed by atoms with E-state index < -0.39 is 0 Å². The Morgan fingerprint density at radius 1 is 1.08 bits per heavy atom. The summed E-state index contributed by atoms with van der Waals surface area (Å²) in [6.45, 7) is 8.33. The molecule has 2 fully saturated rings. The van der Waals surface area contributed by atoms with Crippen molar-refractivity contribution in [2.24, 2.45) is 0 Å². The summed E-state index contributed by atoms with van der Waals surface area (Å²) in [4.78, 5) is 36.4. The summed E-state index contributed by atoms with van der Waals surface area (Å²) in [7, 11) is 0. The Balaban J connectivity index is 1.53. The van der Waals surface area contributed by atoms with Crippen LogP contribution in [0.2, 0.25) is 5.02 Å². The van der Waals surface area contributed by atoms with E-state index in [1.165, 1.54) is 4.57 Å². The first kappa shape index (κ1) is 24.8. The van der Waals surface area contributed by atoms with E-state index in [-0.39, 0.29) is 24.1 Å². The number of anilines is 1. The summed E-state index contributed by atoms with van der Waals surface area (Å²) in [5.41, 5.74) is 2.14. The molecule has 0 atom stereocenters. The maximum atomic E-state index is 13.8. The Kier molecular flexibility index (Phi) is 7.30. The van der Waals surface area contributed by atoms with Gasteiger partial charge in [-0.25, -0.2) is 4.98 Å². The van der Waals surface area contributed by atoms with Gasteiger partial charge < -0.3 is 10.2 Å². The molecule has 1 saturated carbocycles. The molecule has 5 rings (SSSR count). The Morgan fingerprint density at radius 2 is 1.92 bits per heavy atom. The van der Waals surface area contributed by atoms with Gasteiger partial charge in [0.15, 0.2) is 0 Å². The van der Waals surface area contributed by atoms with Crippen molar-refractivity contribution in [1.82, 2.24) is 19.8 Å². The highest BCUT2D eigenvalue weighted by atomic mass is 35.5. The molecule has 1 aliphatic heterocycles. The van der Waals surface area contributed by atoms with Crippen molar-refractivity contribution in [3.63, 3.8) is 0 Å². The number of nitrogens with one attached hydrogen (secondary N) is 1. The van der Waals surface area contributed by atoms with Gasteiger partial charge in [0.25, 0.3) is 5.56 Å². The van der Waals surface area contributed by atoms with Crippen molar-refractivity contribution in [1.29, 1.82) is 0 Å². The van der Waals surface area contributed by atoms with Crippen molar-refractivity contribution in [2.75, 3.05) is 31.1 Å². The monoisotopic (exact) mass is 507 g/mol. The number of hydrogen-bond donors (Lipinski definition) is 1. The predicted octanol–water partition coefficient (Wildman–Crippen LogP) is 4.31. The lowest BCUT2D eigenvalue weighted by molar-refractivity contribution is -0.122. The van der Waals surface area contributed by atoms with Gasteiger partial charge in [0, 0.05) is 54.5 Å². The van der Waals surface area contributed by atoms with E-state index in [0.717, 1.165) is 57.5 Å². The summed E-state index contributed by atoms with van der Waals surface area (Å²) in [6.07, 6.45) is 4.19. The van der Waals surface area contributed by atoms with Crippen LogP contribution in [0.3, 0.4) is 0 Å². The van der Waals surface area contributed by atoms with Crippen LogP contribution in [0.5, 0.6) is 0 Å². The first-order chi connectivity index (χ1) is 17.4. The molecule has 0 spiro atoms. The van der Waals surface area contributed by atoms with Crippen LogP contribution in [0.25, 0.3) is 22.3 Å². The Labute approximate surface area is 217 Å². The zero-order valence-corrected chi connectivity index (χ0v) is 21.8. The molecule has 190 valence electrons. The molecule has 36 heavy (non-hydrogen) atoms. The van der Waals surface area contributed by atoms with E-state index in [0.29, 0.717) is 33.4 Å². The summed E-state index contributed by atoms with van der Waals surface area (Å²) in [5.74, 6) is 0.289. The normalized spacial score (nSPS) is 17.3. The zero-order valence-electron chi connectivity index (χ0n) is 21.0. The molecule has 1 aromatic heterocycles. The Hall–Kier alpha value is -2.90. The molecule has 1 N–H and O–H groups in total. The highest BCUT2D eigenvalue weighted by molar-refractivity contribution is 6.30. The van der Waals surface area contributed by atoms with E-state index in [4.69, 9.17) is 16.6 Å². The molecule has 7 nitrogen and oxygen atoms in total. The highest BCUT2D eigenvalue weighted by Gasteiger charge is 2.22. The summed E-state index contributed by atoms with van der Waals surface area (Å²) in [5, 5.41) is 4.13. The van der Waals surface area contributed by atoms with Gasteiger partial charge in [0.05, 0.1) is 10.9 Å². The van der Waals surface area contributed by atoms with Crippen LogP contribution in [0.1, 0.15) is 39.5 Å². The van der Waals surface area contributed by atoms with E-state index in [2.05, 4.69) is 35.0 Å². The molecule has 2 heterocycles. The third-order valence-corrected chi connectivity index (χ3v) is 7.65. The van der Waals surface area contributed by atoms with Crippen molar-refractivity contribution in [3.05, 3.63) is 57.8 Å². The largest absolute Gasteiger partial charge is 0.370 e. The molecular formula is C28H34ClN5O2. The number of benzene rings is 2. The van der Waals surface area contributed by atoms with E-state index in [1.807, 2.05) is 24.3 Å². The van der Waals surface area contributed by atoms with Crippen LogP contribution in [0.4, 0.5) is 5.69 Å². The molecule has 1 saturated heterocycles. The standard InChI is InChI=1S/C28H34ClN5O2/c1-19(2)32-12-5-13-33(15-14-32)23-10-11-25-24(17-23)28(36)34(18-26(35)30-22-8-4-9-22)27(31-25)20-6-3-7-21(29)16-20/h3,6-7,10-11,16-17,19,22H,4-5,8-9,12-15,18H2,1-2H3,(H,30,35). The topological polar surface area (TPSA) is 70.5 Å². The molecule has 0 radical (unpaired) electrons. The third-order valence-electron chi connectivity index (χ3n) is 7.42. The second-order valence-electron chi connectivity index (χ2n) is 10.2. The smallest absolute Gasteiger partial charge is 0.262 e. The van der Waals surface area contributed by atoms with Crippen LogP contribution in [-0.2, 0) is 11.3 Å². The average molecular weight is 508 g/mol. The molecule has 1 aliphatic carbocycles. The van der Waals surface area contributed by atoms with Gasteiger partial charge in [0.2, 0.25) is 5.91 Å². The maximum Gasteiger partial charge on any atom is 0.262 e. The van der Waals surface area contributed by atoms with Gasteiger partial charge in [-0.3, -0.25) is 19.1 Å². The maximum absolute atomic E-state index is 13.8. The quantitative estimate of drug-likeness (QED) is 0.538. The third kappa shape index (κ3) is 5.27. The number of amides is 1. The van der Waals surface area contributed by atoms with Gasteiger partial charge in [-0.2, -0.15) is 0 Å². The fourth-order valence-corrected chi connectivity index (χ4v) is 5.27.